The Morgan fingerprint density at radius 1 is 1.20 bits per heavy atom. The average Bonchev–Trinajstić information content (AvgIpc) is 3.04. The zero-order chi connectivity index (χ0) is 20.7. The molecule has 0 radical (unpaired) electrons. The molecule has 0 unspecified atom stereocenters. The van der Waals surface area contributed by atoms with Gasteiger partial charge in [0.1, 0.15) is 11.6 Å². The van der Waals surface area contributed by atoms with Gasteiger partial charge >= 0.3 is 0 Å². The molecule has 2 aliphatic rings. The minimum Gasteiger partial charge on any atom is -0.508 e. The van der Waals surface area contributed by atoms with Gasteiger partial charge in [-0.05, 0) is 30.7 Å². The van der Waals surface area contributed by atoms with Gasteiger partial charge in [-0.15, -0.1) is 0 Å². The Labute approximate surface area is 175 Å². The molecule has 156 valence electrons. The monoisotopic (exact) mass is 406 g/mol. The summed E-state index contributed by atoms with van der Waals surface area (Å²) in [7, 11) is 1.84. The Hall–Kier alpha value is -3.13. The molecular weight excluding hydrogens is 380 g/mol. The number of rotatable bonds is 4. The van der Waals surface area contributed by atoms with Crippen molar-refractivity contribution in [3.8, 4) is 5.75 Å². The highest BCUT2D eigenvalue weighted by Crippen LogP contribution is 2.32. The van der Waals surface area contributed by atoms with Gasteiger partial charge in [-0.3, -0.25) is 4.79 Å². The van der Waals surface area contributed by atoms with Gasteiger partial charge < -0.3 is 20.2 Å². The van der Waals surface area contributed by atoms with Crippen molar-refractivity contribution in [3.63, 3.8) is 0 Å². The lowest BCUT2D eigenvalue weighted by molar-refractivity contribution is -0.135. The van der Waals surface area contributed by atoms with Gasteiger partial charge in [0.2, 0.25) is 5.91 Å². The highest BCUT2D eigenvalue weighted by atomic mass is 16.3. The van der Waals surface area contributed by atoms with E-state index in [-0.39, 0.29) is 17.6 Å². The maximum atomic E-state index is 12.9. The largest absolute Gasteiger partial charge is 0.508 e. The van der Waals surface area contributed by atoms with Crippen LogP contribution < -0.4 is 10.2 Å². The van der Waals surface area contributed by atoms with Crippen LogP contribution in [-0.2, 0) is 24.2 Å². The molecule has 30 heavy (non-hydrogen) atoms. The first kappa shape index (κ1) is 18.9. The fourth-order valence-electron chi connectivity index (χ4n) is 4.41. The Morgan fingerprint density at radius 2 is 1.97 bits per heavy atom. The van der Waals surface area contributed by atoms with Gasteiger partial charge in [0.25, 0.3) is 0 Å². The van der Waals surface area contributed by atoms with Crippen LogP contribution in [-0.4, -0.2) is 63.7 Å². The third-order valence-electron chi connectivity index (χ3n) is 6.04. The van der Waals surface area contributed by atoms with E-state index in [1.165, 1.54) is 5.56 Å². The van der Waals surface area contributed by atoms with Crippen molar-refractivity contribution in [1.82, 2.24) is 24.8 Å². The van der Waals surface area contributed by atoms with Crippen LogP contribution in [0, 0.1) is 5.92 Å². The number of carbonyl (C=O) groups excluding carboxylic acids is 1. The lowest BCUT2D eigenvalue weighted by Gasteiger charge is -2.42. The van der Waals surface area contributed by atoms with Crippen LogP contribution in [0.15, 0.2) is 36.5 Å². The third kappa shape index (κ3) is 3.37. The van der Waals surface area contributed by atoms with E-state index in [4.69, 9.17) is 4.98 Å². The number of phenolic OH excluding ortho intramolecular Hbond substituents is 1. The Kier molecular flexibility index (Phi) is 4.78. The summed E-state index contributed by atoms with van der Waals surface area (Å²) >= 11 is 0. The fourth-order valence-corrected chi connectivity index (χ4v) is 4.41. The van der Waals surface area contributed by atoms with Crippen molar-refractivity contribution < 1.29 is 9.90 Å². The van der Waals surface area contributed by atoms with E-state index in [9.17, 15) is 9.90 Å². The highest BCUT2D eigenvalue weighted by Gasteiger charge is 2.37. The number of fused-ring (bicyclic) bond motifs is 2. The number of aromatic hydroxyl groups is 1. The van der Waals surface area contributed by atoms with E-state index in [2.05, 4.69) is 15.3 Å². The van der Waals surface area contributed by atoms with Gasteiger partial charge in [0.05, 0.1) is 17.8 Å². The molecule has 0 saturated carbocycles. The number of nitrogens with one attached hydrogen (secondary N) is 1. The van der Waals surface area contributed by atoms with Gasteiger partial charge in [-0.25, -0.2) is 4.98 Å². The quantitative estimate of drug-likeness (QED) is 0.678. The van der Waals surface area contributed by atoms with Crippen molar-refractivity contribution in [2.75, 3.05) is 38.1 Å². The molecular formula is C22H26N6O2. The summed E-state index contributed by atoms with van der Waals surface area (Å²) in [4.78, 5) is 21.8. The average molecular weight is 406 g/mol. The minimum absolute atomic E-state index is 0.0227. The molecule has 0 atom stereocenters. The molecule has 1 fully saturated rings. The molecule has 4 heterocycles. The number of hydrogen-bond donors (Lipinski definition) is 2. The Balaban J connectivity index is 1.32. The maximum absolute atomic E-state index is 12.9. The van der Waals surface area contributed by atoms with Gasteiger partial charge in [0.15, 0.2) is 5.65 Å². The third-order valence-corrected chi connectivity index (χ3v) is 6.04. The zero-order valence-corrected chi connectivity index (χ0v) is 17.1. The molecule has 2 aliphatic heterocycles. The number of phenols is 1. The predicted octanol–water partition coefficient (Wildman–Crippen LogP) is 1.22. The number of nitrogens with zero attached hydrogens (tertiary/aromatic N) is 5. The van der Waals surface area contributed by atoms with Crippen molar-refractivity contribution in [3.05, 3.63) is 53.3 Å². The summed E-state index contributed by atoms with van der Waals surface area (Å²) in [5.74, 6) is 1.45. The van der Waals surface area contributed by atoms with E-state index in [0.717, 1.165) is 48.7 Å². The van der Waals surface area contributed by atoms with Gasteiger partial charge in [-0.1, -0.05) is 12.1 Å². The van der Waals surface area contributed by atoms with Gasteiger partial charge in [0, 0.05) is 51.3 Å². The van der Waals surface area contributed by atoms with Crippen LogP contribution in [0.1, 0.15) is 16.8 Å². The second-order valence-electron chi connectivity index (χ2n) is 8.17. The lowest BCUT2D eigenvalue weighted by atomic mass is 9.96. The highest BCUT2D eigenvalue weighted by molar-refractivity contribution is 5.82. The summed E-state index contributed by atoms with van der Waals surface area (Å²) in [6.45, 7) is 3.79. The molecule has 2 N–H and O–H groups in total. The number of benzene rings is 1. The van der Waals surface area contributed by atoms with E-state index < -0.39 is 0 Å². The number of amides is 1. The topological polar surface area (TPSA) is 86.0 Å². The summed E-state index contributed by atoms with van der Waals surface area (Å²) in [6, 6.07) is 8.94. The molecule has 0 bridgehead atoms. The Morgan fingerprint density at radius 3 is 2.77 bits per heavy atom. The van der Waals surface area contributed by atoms with Crippen molar-refractivity contribution in [2.45, 2.75) is 19.4 Å². The lowest BCUT2D eigenvalue weighted by Crippen LogP contribution is -2.54. The number of aromatic nitrogens is 3. The molecule has 8 heteroatoms. The zero-order valence-electron chi connectivity index (χ0n) is 17.1. The number of anilines is 1. The standard InChI is InChI=1S/C22H26N6O2/c1-26(12-15-2-4-17(29)5-3-15)22(30)16-13-27(14-16)21-18-6-9-23-10-7-19(18)25-20-8-11-24-28(20)21/h2-5,8,11,16,23,29H,6-7,9-10,12-14H2,1H3. The molecule has 1 aromatic carbocycles. The summed E-state index contributed by atoms with van der Waals surface area (Å²) in [6.07, 6.45) is 3.62. The first-order valence-corrected chi connectivity index (χ1v) is 10.4. The summed E-state index contributed by atoms with van der Waals surface area (Å²) in [5, 5.41) is 17.4. The number of hydrogen-bond acceptors (Lipinski definition) is 6. The fraction of sp³-hybridized carbons (Fsp3) is 0.409. The minimum atomic E-state index is -0.0227. The molecule has 5 rings (SSSR count). The number of carbonyl (C=O) groups is 1. The van der Waals surface area contributed by atoms with E-state index in [1.807, 2.05) is 29.8 Å². The predicted molar refractivity (Wildman–Crippen MR) is 114 cm³/mol. The first-order valence-electron chi connectivity index (χ1n) is 10.4. The van der Waals surface area contributed by atoms with Crippen LogP contribution in [0.25, 0.3) is 5.65 Å². The van der Waals surface area contributed by atoms with Crippen LogP contribution in [0.5, 0.6) is 5.75 Å². The van der Waals surface area contributed by atoms with Crippen molar-refractivity contribution >= 4 is 17.4 Å². The SMILES string of the molecule is CN(Cc1ccc(O)cc1)C(=O)C1CN(c2c3c(nc4ccnn24)CCNCC3)C1. The summed E-state index contributed by atoms with van der Waals surface area (Å²) in [5.41, 5.74) is 4.26. The van der Waals surface area contributed by atoms with Crippen molar-refractivity contribution in [1.29, 1.82) is 0 Å². The van der Waals surface area contributed by atoms with Crippen LogP contribution in [0.2, 0.25) is 0 Å². The van der Waals surface area contributed by atoms with E-state index >= 15 is 0 Å². The second-order valence-corrected chi connectivity index (χ2v) is 8.17. The molecule has 2 aromatic heterocycles. The second kappa shape index (κ2) is 7.60. The maximum Gasteiger partial charge on any atom is 0.229 e. The summed E-state index contributed by atoms with van der Waals surface area (Å²) < 4.78 is 1.92. The molecule has 1 amide bonds. The molecule has 0 spiro atoms. The molecule has 3 aromatic rings. The van der Waals surface area contributed by atoms with Crippen molar-refractivity contribution in [2.24, 2.45) is 5.92 Å². The molecule has 1 saturated heterocycles. The molecule has 8 nitrogen and oxygen atoms in total. The van der Waals surface area contributed by atoms with E-state index in [1.54, 1.807) is 23.2 Å². The molecule has 0 aliphatic carbocycles. The van der Waals surface area contributed by atoms with Crippen LogP contribution in [0.3, 0.4) is 0 Å². The smallest absolute Gasteiger partial charge is 0.229 e. The first-order chi connectivity index (χ1) is 14.6. The van der Waals surface area contributed by atoms with Gasteiger partial charge in [-0.2, -0.15) is 9.61 Å². The van der Waals surface area contributed by atoms with Crippen LogP contribution in [0.4, 0.5) is 5.82 Å². The normalized spacial score (nSPS) is 16.8. The van der Waals surface area contributed by atoms with E-state index in [0.29, 0.717) is 19.6 Å². The van der Waals surface area contributed by atoms with Crippen LogP contribution >= 0.6 is 0 Å². The Bertz CT molecular complexity index is 1070.